The van der Waals surface area contributed by atoms with Crippen LogP contribution >= 0.6 is 0 Å². The van der Waals surface area contributed by atoms with Crippen molar-refractivity contribution in [3.63, 3.8) is 0 Å². The van der Waals surface area contributed by atoms with Crippen LogP contribution in [0, 0.1) is 6.92 Å². The van der Waals surface area contributed by atoms with Crippen molar-refractivity contribution < 1.29 is 4.79 Å². The third-order valence-electron chi connectivity index (χ3n) is 3.62. The van der Waals surface area contributed by atoms with Crippen molar-refractivity contribution in [3.05, 3.63) is 89.6 Å². The summed E-state index contributed by atoms with van der Waals surface area (Å²) in [6.07, 6.45) is 1.72. The number of anilines is 2. The van der Waals surface area contributed by atoms with Gasteiger partial charge < -0.3 is 10.6 Å². The summed E-state index contributed by atoms with van der Waals surface area (Å²) in [6.45, 7) is 2.81. The summed E-state index contributed by atoms with van der Waals surface area (Å²) in [7, 11) is 0. The summed E-state index contributed by atoms with van der Waals surface area (Å²) in [5.74, 6) is 0.369. The standard InChI is InChI=1S/C20H19N3O/c1-15-6-5-7-16(12-15)13-21-18-10-11-19(22-14-18)23-20(24)17-8-3-2-4-9-17/h2-12,14,21H,13H2,1H3,(H,22,23,24). The minimum Gasteiger partial charge on any atom is -0.380 e. The second kappa shape index (κ2) is 7.42. The lowest BCUT2D eigenvalue weighted by atomic mass is 10.1. The maximum atomic E-state index is 12.1. The molecule has 0 unspecified atom stereocenters. The molecule has 3 aromatic rings. The summed E-state index contributed by atoms with van der Waals surface area (Å²) >= 11 is 0. The lowest BCUT2D eigenvalue weighted by Crippen LogP contribution is -2.12. The monoisotopic (exact) mass is 317 g/mol. The molecule has 0 aliphatic heterocycles. The molecule has 0 radical (unpaired) electrons. The number of pyridine rings is 1. The molecule has 4 heteroatoms. The second-order valence-corrected chi connectivity index (χ2v) is 5.59. The normalized spacial score (nSPS) is 10.2. The minimum absolute atomic E-state index is 0.163. The van der Waals surface area contributed by atoms with E-state index in [1.807, 2.05) is 30.3 Å². The SMILES string of the molecule is Cc1cccc(CNc2ccc(NC(=O)c3ccccc3)nc2)c1. The van der Waals surface area contributed by atoms with Crippen molar-refractivity contribution in [1.82, 2.24) is 4.98 Å². The van der Waals surface area contributed by atoms with Gasteiger partial charge >= 0.3 is 0 Å². The Labute approximate surface area is 141 Å². The number of hydrogen-bond donors (Lipinski definition) is 2. The maximum absolute atomic E-state index is 12.1. The fourth-order valence-corrected chi connectivity index (χ4v) is 2.38. The van der Waals surface area contributed by atoms with Crippen molar-refractivity contribution in [2.75, 3.05) is 10.6 Å². The smallest absolute Gasteiger partial charge is 0.256 e. The first kappa shape index (κ1) is 15.7. The van der Waals surface area contributed by atoms with Gasteiger partial charge in [-0.1, -0.05) is 48.0 Å². The van der Waals surface area contributed by atoms with E-state index in [0.717, 1.165) is 12.2 Å². The fraction of sp³-hybridized carbons (Fsp3) is 0.100. The molecule has 3 rings (SSSR count). The lowest BCUT2D eigenvalue weighted by Gasteiger charge is -2.08. The molecule has 1 heterocycles. The molecule has 120 valence electrons. The Kier molecular flexibility index (Phi) is 4.87. The number of benzene rings is 2. The van der Waals surface area contributed by atoms with E-state index in [9.17, 15) is 4.79 Å². The Morgan fingerprint density at radius 2 is 1.83 bits per heavy atom. The fourth-order valence-electron chi connectivity index (χ4n) is 2.38. The zero-order chi connectivity index (χ0) is 16.8. The first-order valence-electron chi connectivity index (χ1n) is 7.82. The molecule has 0 aliphatic rings. The van der Waals surface area contributed by atoms with Crippen molar-refractivity contribution in [2.24, 2.45) is 0 Å². The van der Waals surface area contributed by atoms with E-state index in [2.05, 4.69) is 40.7 Å². The molecule has 0 aliphatic carbocycles. The number of amides is 1. The molecule has 1 amide bonds. The number of aromatic nitrogens is 1. The molecule has 1 aromatic heterocycles. The highest BCUT2D eigenvalue weighted by Gasteiger charge is 2.05. The van der Waals surface area contributed by atoms with Crippen LogP contribution in [0.5, 0.6) is 0 Å². The Bertz CT molecular complexity index is 814. The zero-order valence-corrected chi connectivity index (χ0v) is 13.5. The molecule has 0 saturated heterocycles. The summed E-state index contributed by atoms with van der Waals surface area (Å²) in [6, 6.07) is 21.1. The van der Waals surface area contributed by atoms with Crippen molar-refractivity contribution in [1.29, 1.82) is 0 Å². The van der Waals surface area contributed by atoms with Crippen LogP contribution in [-0.4, -0.2) is 10.9 Å². The summed E-state index contributed by atoms with van der Waals surface area (Å²) in [5, 5.41) is 6.11. The Hall–Kier alpha value is -3.14. The van der Waals surface area contributed by atoms with Crippen molar-refractivity contribution >= 4 is 17.4 Å². The average Bonchev–Trinajstić information content (AvgIpc) is 2.62. The lowest BCUT2D eigenvalue weighted by molar-refractivity contribution is 0.102. The van der Waals surface area contributed by atoms with Gasteiger partial charge in [-0.25, -0.2) is 4.98 Å². The first-order chi connectivity index (χ1) is 11.7. The first-order valence-corrected chi connectivity index (χ1v) is 7.82. The molecule has 4 nitrogen and oxygen atoms in total. The van der Waals surface area contributed by atoms with Crippen LogP contribution in [0.25, 0.3) is 0 Å². The van der Waals surface area contributed by atoms with E-state index in [1.165, 1.54) is 11.1 Å². The van der Waals surface area contributed by atoms with Crippen LogP contribution in [0.4, 0.5) is 11.5 Å². The Morgan fingerprint density at radius 1 is 1.00 bits per heavy atom. The highest BCUT2D eigenvalue weighted by molar-refractivity contribution is 6.03. The van der Waals surface area contributed by atoms with Gasteiger partial charge in [0.25, 0.3) is 5.91 Å². The predicted octanol–water partition coefficient (Wildman–Crippen LogP) is 4.25. The number of hydrogen-bond acceptors (Lipinski definition) is 3. The molecule has 0 bridgehead atoms. The third-order valence-corrected chi connectivity index (χ3v) is 3.62. The highest BCUT2D eigenvalue weighted by Crippen LogP contribution is 2.13. The van der Waals surface area contributed by atoms with Gasteiger partial charge in [-0.3, -0.25) is 4.79 Å². The molecule has 0 atom stereocenters. The Morgan fingerprint density at radius 3 is 2.54 bits per heavy atom. The predicted molar refractivity (Wildman–Crippen MR) is 97.1 cm³/mol. The number of carbonyl (C=O) groups is 1. The zero-order valence-electron chi connectivity index (χ0n) is 13.5. The number of aryl methyl sites for hydroxylation is 1. The molecule has 0 saturated carbocycles. The van der Waals surface area contributed by atoms with E-state index >= 15 is 0 Å². The van der Waals surface area contributed by atoms with Crippen LogP contribution in [0.1, 0.15) is 21.5 Å². The van der Waals surface area contributed by atoms with Crippen LogP contribution in [-0.2, 0) is 6.54 Å². The van der Waals surface area contributed by atoms with Gasteiger partial charge in [0.15, 0.2) is 0 Å². The second-order valence-electron chi connectivity index (χ2n) is 5.59. The highest BCUT2D eigenvalue weighted by atomic mass is 16.1. The topological polar surface area (TPSA) is 54.0 Å². The van der Waals surface area contributed by atoms with Gasteiger partial charge in [0.1, 0.15) is 5.82 Å². The molecular formula is C20H19N3O. The van der Waals surface area contributed by atoms with Gasteiger partial charge in [-0.15, -0.1) is 0 Å². The molecule has 2 aromatic carbocycles. The number of nitrogens with zero attached hydrogens (tertiary/aromatic N) is 1. The molecule has 0 spiro atoms. The largest absolute Gasteiger partial charge is 0.380 e. The van der Waals surface area contributed by atoms with Gasteiger partial charge in [-0.2, -0.15) is 0 Å². The summed E-state index contributed by atoms with van der Waals surface area (Å²) in [5.41, 5.74) is 3.98. The number of nitrogens with one attached hydrogen (secondary N) is 2. The van der Waals surface area contributed by atoms with Crippen molar-refractivity contribution in [3.8, 4) is 0 Å². The van der Waals surface area contributed by atoms with Gasteiger partial charge in [0.2, 0.25) is 0 Å². The van der Waals surface area contributed by atoms with Crippen LogP contribution in [0.3, 0.4) is 0 Å². The van der Waals surface area contributed by atoms with Gasteiger partial charge in [0.05, 0.1) is 11.9 Å². The van der Waals surface area contributed by atoms with Crippen LogP contribution in [0.2, 0.25) is 0 Å². The van der Waals surface area contributed by atoms with E-state index in [4.69, 9.17) is 0 Å². The van der Waals surface area contributed by atoms with Gasteiger partial charge in [-0.05, 0) is 36.8 Å². The number of carbonyl (C=O) groups excluding carboxylic acids is 1. The van der Waals surface area contributed by atoms with E-state index in [1.54, 1.807) is 24.4 Å². The maximum Gasteiger partial charge on any atom is 0.256 e. The third kappa shape index (κ3) is 4.20. The summed E-state index contributed by atoms with van der Waals surface area (Å²) < 4.78 is 0. The van der Waals surface area contributed by atoms with Gasteiger partial charge in [0, 0.05) is 12.1 Å². The van der Waals surface area contributed by atoms with Crippen molar-refractivity contribution in [2.45, 2.75) is 13.5 Å². The Balaban J connectivity index is 1.58. The number of rotatable bonds is 5. The minimum atomic E-state index is -0.163. The van der Waals surface area contributed by atoms with E-state index < -0.39 is 0 Å². The van der Waals surface area contributed by atoms with E-state index in [0.29, 0.717) is 11.4 Å². The summed E-state index contributed by atoms with van der Waals surface area (Å²) in [4.78, 5) is 16.4. The van der Waals surface area contributed by atoms with Crippen LogP contribution in [0.15, 0.2) is 72.9 Å². The van der Waals surface area contributed by atoms with E-state index in [-0.39, 0.29) is 5.91 Å². The average molecular weight is 317 g/mol. The van der Waals surface area contributed by atoms with Crippen LogP contribution < -0.4 is 10.6 Å². The molecule has 24 heavy (non-hydrogen) atoms. The quantitative estimate of drug-likeness (QED) is 0.739. The molecule has 2 N–H and O–H groups in total. The molecule has 0 fully saturated rings. The molecular weight excluding hydrogens is 298 g/mol.